The molecule has 0 bridgehead atoms. The second-order valence-electron chi connectivity index (χ2n) is 4.90. The summed E-state index contributed by atoms with van der Waals surface area (Å²) < 4.78 is 37.7. The highest BCUT2D eigenvalue weighted by molar-refractivity contribution is 5.94. The summed E-state index contributed by atoms with van der Waals surface area (Å²) in [5.74, 6) is -0.462. The summed E-state index contributed by atoms with van der Waals surface area (Å²) in [7, 11) is 0. The van der Waals surface area contributed by atoms with Gasteiger partial charge in [-0.2, -0.15) is 13.2 Å². The van der Waals surface area contributed by atoms with Crippen LogP contribution in [0.25, 0.3) is 0 Å². The van der Waals surface area contributed by atoms with Crippen LogP contribution in [0, 0.1) is 0 Å². The zero-order chi connectivity index (χ0) is 15.9. The Hall–Kier alpha value is -1.56. The molecule has 0 fully saturated rings. The highest BCUT2D eigenvalue weighted by Gasteiger charge is 2.30. The fourth-order valence-corrected chi connectivity index (χ4v) is 2.08. The smallest absolute Gasteiger partial charge is 0.352 e. The van der Waals surface area contributed by atoms with E-state index in [0.717, 1.165) is 38.2 Å². The minimum absolute atomic E-state index is 0.0417. The fraction of sp³-hybridized carbons (Fsp3) is 0.533. The first-order valence-corrected chi connectivity index (χ1v) is 7.17. The molecule has 1 aromatic carbocycles. The molecule has 0 saturated heterocycles. The normalized spacial score (nSPS) is 11.7. The van der Waals surface area contributed by atoms with Crippen molar-refractivity contribution in [2.45, 2.75) is 26.4 Å². The van der Waals surface area contributed by atoms with Crippen molar-refractivity contribution >= 4 is 5.91 Å². The Bertz CT molecular complexity index is 456. The lowest BCUT2D eigenvalue weighted by atomic mass is 10.1. The van der Waals surface area contributed by atoms with Gasteiger partial charge in [0.2, 0.25) is 0 Å². The van der Waals surface area contributed by atoms with Gasteiger partial charge in [0.25, 0.3) is 5.91 Å². The molecule has 0 atom stereocenters. The van der Waals surface area contributed by atoms with Gasteiger partial charge >= 0.3 is 6.18 Å². The molecule has 0 aliphatic rings. The highest BCUT2D eigenvalue weighted by Crippen LogP contribution is 2.29. The van der Waals surface area contributed by atoms with Gasteiger partial charge in [-0.3, -0.25) is 4.79 Å². The largest absolute Gasteiger partial charge is 0.416 e. The molecule has 6 heteroatoms. The van der Waals surface area contributed by atoms with Crippen molar-refractivity contribution in [2.75, 3.05) is 26.2 Å². The Balaban J connectivity index is 2.49. The summed E-state index contributed by atoms with van der Waals surface area (Å²) in [5, 5.41) is 2.66. The van der Waals surface area contributed by atoms with Crippen LogP contribution in [0.1, 0.15) is 36.2 Å². The van der Waals surface area contributed by atoms with Crippen LogP contribution in [0.5, 0.6) is 0 Å². The maximum atomic E-state index is 12.6. The Morgan fingerprint density at radius 2 is 1.90 bits per heavy atom. The maximum absolute atomic E-state index is 12.6. The van der Waals surface area contributed by atoms with E-state index in [2.05, 4.69) is 19.2 Å². The van der Waals surface area contributed by atoms with E-state index >= 15 is 0 Å². The lowest BCUT2D eigenvalue weighted by Crippen LogP contribution is -3.11. The molecular formula is C15H22F3N2O+. The van der Waals surface area contributed by atoms with Crippen molar-refractivity contribution in [3.8, 4) is 0 Å². The van der Waals surface area contributed by atoms with Crippen molar-refractivity contribution in [1.29, 1.82) is 0 Å². The van der Waals surface area contributed by atoms with E-state index in [0.29, 0.717) is 6.54 Å². The summed E-state index contributed by atoms with van der Waals surface area (Å²) in [6, 6.07) is 4.48. The van der Waals surface area contributed by atoms with Gasteiger partial charge in [-0.05, 0) is 32.0 Å². The van der Waals surface area contributed by atoms with Crippen LogP contribution in [-0.2, 0) is 6.18 Å². The van der Waals surface area contributed by atoms with Gasteiger partial charge in [-0.15, -0.1) is 0 Å². The first-order valence-electron chi connectivity index (χ1n) is 7.17. The molecular weight excluding hydrogens is 281 g/mol. The lowest BCUT2D eigenvalue weighted by molar-refractivity contribution is -0.896. The van der Waals surface area contributed by atoms with E-state index < -0.39 is 17.6 Å². The van der Waals surface area contributed by atoms with Gasteiger partial charge in [-0.1, -0.05) is 6.07 Å². The summed E-state index contributed by atoms with van der Waals surface area (Å²) in [6.45, 7) is 7.66. The van der Waals surface area contributed by atoms with Crippen molar-refractivity contribution in [1.82, 2.24) is 5.32 Å². The number of quaternary nitrogens is 1. The number of hydrogen-bond acceptors (Lipinski definition) is 1. The molecule has 1 rings (SSSR count). The average Bonchev–Trinajstić information content (AvgIpc) is 2.46. The molecule has 3 nitrogen and oxygen atoms in total. The summed E-state index contributed by atoms with van der Waals surface area (Å²) >= 11 is 0. The molecule has 1 amide bonds. The number of benzene rings is 1. The minimum atomic E-state index is -4.43. The lowest BCUT2D eigenvalue weighted by Gasteiger charge is -2.15. The van der Waals surface area contributed by atoms with Crippen LogP contribution in [-0.4, -0.2) is 32.1 Å². The Labute approximate surface area is 123 Å². The maximum Gasteiger partial charge on any atom is 0.416 e. The van der Waals surface area contributed by atoms with Crippen molar-refractivity contribution < 1.29 is 22.9 Å². The first kappa shape index (κ1) is 17.5. The number of rotatable bonds is 7. The standard InChI is InChI=1S/C15H21F3N2O/c1-3-20(4-2)10-6-9-19-14(21)12-7-5-8-13(11-12)15(16,17)18/h5,7-8,11H,3-4,6,9-10H2,1-2H3,(H,19,21)/p+1. The van der Waals surface area contributed by atoms with Gasteiger partial charge in [0.15, 0.2) is 0 Å². The van der Waals surface area contributed by atoms with E-state index in [-0.39, 0.29) is 5.56 Å². The predicted octanol–water partition coefficient (Wildman–Crippen LogP) is 1.75. The molecule has 0 saturated carbocycles. The predicted molar refractivity (Wildman–Crippen MR) is 75.3 cm³/mol. The van der Waals surface area contributed by atoms with Crippen molar-refractivity contribution in [3.63, 3.8) is 0 Å². The van der Waals surface area contributed by atoms with E-state index in [1.54, 1.807) is 0 Å². The quantitative estimate of drug-likeness (QED) is 0.739. The minimum Gasteiger partial charge on any atom is -0.352 e. The number of amides is 1. The van der Waals surface area contributed by atoms with Crippen LogP contribution < -0.4 is 10.2 Å². The van der Waals surface area contributed by atoms with Crippen molar-refractivity contribution in [2.24, 2.45) is 0 Å². The Kier molecular flexibility index (Phi) is 6.68. The molecule has 0 spiro atoms. The number of hydrogen-bond donors (Lipinski definition) is 2. The van der Waals surface area contributed by atoms with Gasteiger partial charge in [0.05, 0.1) is 25.2 Å². The monoisotopic (exact) mass is 303 g/mol. The highest BCUT2D eigenvalue weighted by atomic mass is 19.4. The first-order chi connectivity index (χ1) is 9.88. The zero-order valence-corrected chi connectivity index (χ0v) is 12.4. The molecule has 0 aliphatic heterocycles. The van der Waals surface area contributed by atoms with Gasteiger partial charge < -0.3 is 10.2 Å². The van der Waals surface area contributed by atoms with E-state index in [1.807, 2.05) is 0 Å². The van der Waals surface area contributed by atoms with Crippen LogP contribution in [0.3, 0.4) is 0 Å². The van der Waals surface area contributed by atoms with E-state index in [1.165, 1.54) is 17.0 Å². The van der Waals surface area contributed by atoms with Gasteiger partial charge in [0.1, 0.15) is 0 Å². The van der Waals surface area contributed by atoms with E-state index in [9.17, 15) is 18.0 Å². The second kappa shape index (κ2) is 8.02. The Morgan fingerprint density at radius 3 is 2.48 bits per heavy atom. The third-order valence-corrected chi connectivity index (χ3v) is 3.44. The number of nitrogens with one attached hydrogen (secondary N) is 2. The molecule has 0 heterocycles. The molecule has 0 aliphatic carbocycles. The summed E-state index contributed by atoms with van der Waals surface area (Å²) in [5.41, 5.74) is -0.761. The molecule has 0 unspecified atom stereocenters. The molecule has 0 radical (unpaired) electrons. The average molecular weight is 303 g/mol. The summed E-state index contributed by atoms with van der Waals surface area (Å²) in [4.78, 5) is 13.3. The van der Waals surface area contributed by atoms with Gasteiger partial charge in [0, 0.05) is 18.5 Å². The Morgan fingerprint density at radius 1 is 1.24 bits per heavy atom. The number of carbonyl (C=O) groups excluding carboxylic acids is 1. The molecule has 21 heavy (non-hydrogen) atoms. The number of carbonyl (C=O) groups is 1. The van der Waals surface area contributed by atoms with Crippen LogP contribution in [0.2, 0.25) is 0 Å². The number of alkyl halides is 3. The van der Waals surface area contributed by atoms with Crippen LogP contribution in [0.4, 0.5) is 13.2 Å². The molecule has 118 valence electrons. The summed E-state index contributed by atoms with van der Waals surface area (Å²) in [6.07, 6.45) is -3.62. The van der Waals surface area contributed by atoms with Gasteiger partial charge in [-0.25, -0.2) is 0 Å². The molecule has 2 N–H and O–H groups in total. The van der Waals surface area contributed by atoms with E-state index in [4.69, 9.17) is 0 Å². The zero-order valence-electron chi connectivity index (χ0n) is 12.4. The van der Waals surface area contributed by atoms with Crippen LogP contribution >= 0.6 is 0 Å². The topological polar surface area (TPSA) is 33.5 Å². The van der Waals surface area contributed by atoms with Crippen LogP contribution in [0.15, 0.2) is 24.3 Å². The third kappa shape index (κ3) is 5.75. The fourth-order valence-electron chi connectivity index (χ4n) is 2.08. The SMILES string of the molecule is CC[NH+](CC)CCCNC(=O)c1cccc(C(F)(F)F)c1. The third-order valence-electron chi connectivity index (χ3n) is 3.44. The second-order valence-corrected chi connectivity index (χ2v) is 4.90. The molecule has 0 aromatic heterocycles. The molecule has 1 aromatic rings. The van der Waals surface area contributed by atoms with Crippen molar-refractivity contribution in [3.05, 3.63) is 35.4 Å². The number of halogens is 3.